The predicted molar refractivity (Wildman–Crippen MR) is 147 cm³/mol. The van der Waals surface area contributed by atoms with Gasteiger partial charge in [-0.1, -0.05) is 34.8 Å². The molecule has 5 rings (SSSR count). The van der Waals surface area contributed by atoms with Crippen LogP contribution in [0.25, 0.3) is 5.69 Å². The first-order valence-corrected chi connectivity index (χ1v) is 12.7. The maximum atomic E-state index is 13.0. The minimum Gasteiger partial charge on any atom is -0.326 e. The van der Waals surface area contributed by atoms with E-state index in [2.05, 4.69) is 20.7 Å². The Labute approximate surface area is 236 Å². The van der Waals surface area contributed by atoms with Gasteiger partial charge < -0.3 is 10.6 Å². The quantitative estimate of drug-likeness (QED) is 0.235. The highest BCUT2D eigenvalue weighted by atomic mass is 35.5. The number of anilines is 2. The van der Waals surface area contributed by atoms with Crippen molar-refractivity contribution in [3.05, 3.63) is 99.5 Å². The lowest BCUT2D eigenvalue weighted by molar-refractivity contribution is -0.117. The Hall–Kier alpha value is -2.81. The predicted octanol–water partition coefficient (Wildman–Crippen LogP) is 7.01. The summed E-state index contributed by atoms with van der Waals surface area (Å²) in [6, 6.07) is 16.5. The number of nitrogens with one attached hydrogen (secondary N) is 2. The molecule has 0 aliphatic heterocycles. The lowest BCUT2D eigenvalue weighted by atomic mass is 10.1. The number of nitrogens with zero attached hydrogens (tertiary/aromatic N) is 3. The number of hydrogen-bond acceptors (Lipinski definition) is 4. The van der Waals surface area contributed by atoms with Gasteiger partial charge in [0.25, 0.3) is 5.91 Å². The van der Waals surface area contributed by atoms with Crippen molar-refractivity contribution in [3.63, 3.8) is 0 Å². The van der Waals surface area contributed by atoms with Gasteiger partial charge in [-0.2, -0.15) is 5.10 Å². The van der Waals surface area contributed by atoms with Crippen molar-refractivity contribution >= 4 is 81.2 Å². The summed E-state index contributed by atoms with van der Waals surface area (Å²) < 4.78 is 0.263. The van der Waals surface area contributed by atoms with Gasteiger partial charge in [-0.15, -0.1) is 23.2 Å². The molecule has 7 nitrogen and oxygen atoms in total. The number of halogens is 5. The molecule has 188 valence electrons. The van der Waals surface area contributed by atoms with Gasteiger partial charge in [-0.25, -0.2) is 9.67 Å². The molecular formula is C25H16Cl5N5O2. The lowest BCUT2D eigenvalue weighted by Gasteiger charge is -2.11. The second-order valence-corrected chi connectivity index (χ2v) is 11.1. The maximum Gasteiger partial charge on any atom is 0.257 e. The fraction of sp³-hybridized carbons (Fsp3) is 0.120. The Balaban J connectivity index is 1.29. The normalized spacial score (nSPS) is 17.8. The van der Waals surface area contributed by atoms with Crippen LogP contribution in [-0.4, -0.2) is 30.9 Å². The zero-order chi connectivity index (χ0) is 26.3. The molecule has 1 aliphatic rings. The molecular weight excluding hydrogens is 580 g/mol. The number of hydrogen-bond donors (Lipinski definition) is 2. The molecule has 0 spiro atoms. The van der Waals surface area contributed by atoms with Crippen LogP contribution < -0.4 is 10.6 Å². The van der Waals surface area contributed by atoms with Crippen LogP contribution in [0.4, 0.5) is 11.4 Å². The van der Waals surface area contributed by atoms with Gasteiger partial charge in [0.05, 0.1) is 22.2 Å². The van der Waals surface area contributed by atoms with Crippen LogP contribution in [0, 0.1) is 5.92 Å². The van der Waals surface area contributed by atoms with E-state index >= 15 is 0 Å². The second-order valence-electron chi connectivity index (χ2n) is 8.36. The topological polar surface area (TPSA) is 88.9 Å². The van der Waals surface area contributed by atoms with Crippen LogP contribution in [0.15, 0.2) is 73.3 Å². The van der Waals surface area contributed by atoms with Crippen molar-refractivity contribution in [2.45, 2.75) is 10.3 Å². The Bertz CT molecular complexity index is 1470. The molecule has 12 heteroatoms. The van der Waals surface area contributed by atoms with Gasteiger partial charge in [-0.3, -0.25) is 9.59 Å². The van der Waals surface area contributed by atoms with E-state index in [0.29, 0.717) is 27.0 Å². The van der Waals surface area contributed by atoms with E-state index in [1.165, 1.54) is 18.5 Å². The molecule has 2 atom stereocenters. The number of aromatic nitrogens is 3. The summed E-state index contributed by atoms with van der Waals surface area (Å²) in [5.74, 6) is -2.11. The minimum absolute atomic E-state index is 0.178. The standard InChI is InChI=1S/C25H16Cl5N5O2/c26-14-7-13(8-15(27)9-14)21-22(25(21,29)30)24(37)34-17-3-6-20(28)19(10-17)23(36)33-16-1-4-18(5-2-16)35-12-31-11-32-35/h1-12,21-22H,(H,33,36)(H,34,37)/t21-,22+/m0/s1. The SMILES string of the molecule is O=C(Nc1ccc(-n2cncn2)cc1)c1cc(NC(=O)[C@H]2[C@H](c3cc(Cl)cc(Cl)c3)C2(Cl)Cl)ccc1Cl. The third-order valence-corrected chi connectivity index (χ3v) is 7.57. The van der Waals surface area contributed by atoms with Crippen molar-refractivity contribution in [3.8, 4) is 5.69 Å². The lowest BCUT2D eigenvalue weighted by Crippen LogP contribution is -2.18. The van der Waals surface area contributed by atoms with Crippen molar-refractivity contribution in [1.82, 2.24) is 14.8 Å². The fourth-order valence-corrected chi connectivity index (χ4v) is 5.63. The number of amides is 2. The average Bonchev–Trinajstić information content (AvgIpc) is 3.16. The number of benzene rings is 3. The molecule has 1 heterocycles. The zero-order valence-corrected chi connectivity index (χ0v) is 22.4. The molecule has 0 saturated heterocycles. The maximum absolute atomic E-state index is 13.0. The highest BCUT2D eigenvalue weighted by molar-refractivity contribution is 6.53. The van der Waals surface area contributed by atoms with E-state index in [-0.39, 0.29) is 10.6 Å². The van der Waals surface area contributed by atoms with Crippen molar-refractivity contribution in [2.24, 2.45) is 5.92 Å². The first-order valence-electron chi connectivity index (χ1n) is 10.8. The second kappa shape index (κ2) is 10.2. The van der Waals surface area contributed by atoms with Gasteiger partial charge in [0.1, 0.15) is 17.0 Å². The Morgan fingerprint density at radius 1 is 0.865 bits per heavy atom. The van der Waals surface area contributed by atoms with Crippen molar-refractivity contribution in [2.75, 3.05) is 10.6 Å². The summed E-state index contributed by atoms with van der Waals surface area (Å²) in [7, 11) is 0. The molecule has 1 aromatic heterocycles. The van der Waals surface area contributed by atoms with Crippen molar-refractivity contribution in [1.29, 1.82) is 0 Å². The van der Waals surface area contributed by atoms with E-state index in [9.17, 15) is 9.59 Å². The summed E-state index contributed by atoms with van der Waals surface area (Å²) in [6.07, 6.45) is 3.00. The highest BCUT2D eigenvalue weighted by Gasteiger charge is 2.67. The van der Waals surface area contributed by atoms with E-state index in [4.69, 9.17) is 58.0 Å². The van der Waals surface area contributed by atoms with Gasteiger partial charge in [0, 0.05) is 27.3 Å². The van der Waals surface area contributed by atoms with Crippen LogP contribution in [-0.2, 0) is 4.79 Å². The molecule has 0 bridgehead atoms. The van der Waals surface area contributed by atoms with Gasteiger partial charge in [0.2, 0.25) is 5.91 Å². The molecule has 2 N–H and O–H groups in total. The summed E-state index contributed by atoms with van der Waals surface area (Å²) in [6.45, 7) is 0. The molecule has 4 aromatic rings. The van der Waals surface area contributed by atoms with Crippen LogP contribution in [0.1, 0.15) is 21.8 Å². The van der Waals surface area contributed by atoms with Gasteiger partial charge in [0.15, 0.2) is 0 Å². The first-order chi connectivity index (χ1) is 17.6. The molecule has 37 heavy (non-hydrogen) atoms. The van der Waals surface area contributed by atoms with Crippen molar-refractivity contribution < 1.29 is 9.59 Å². The molecule has 3 aromatic carbocycles. The number of carbonyl (C=O) groups excluding carboxylic acids is 2. The highest BCUT2D eigenvalue weighted by Crippen LogP contribution is 2.65. The van der Waals surface area contributed by atoms with Crippen LogP contribution in [0.5, 0.6) is 0 Å². The Morgan fingerprint density at radius 3 is 2.19 bits per heavy atom. The summed E-state index contributed by atoms with van der Waals surface area (Å²) >= 11 is 31.3. The third kappa shape index (κ3) is 5.42. The number of rotatable bonds is 6. The molecule has 1 aliphatic carbocycles. The molecule has 1 saturated carbocycles. The molecule has 0 unspecified atom stereocenters. The van der Waals surface area contributed by atoms with Crippen LogP contribution in [0.2, 0.25) is 15.1 Å². The first kappa shape index (κ1) is 25.8. The number of alkyl halides is 2. The minimum atomic E-state index is -1.33. The monoisotopic (exact) mass is 593 g/mol. The van der Waals surface area contributed by atoms with E-state index < -0.39 is 28.0 Å². The molecule has 1 fully saturated rings. The third-order valence-electron chi connectivity index (χ3n) is 5.87. The van der Waals surface area contributed by atoms with E-state index in [0.717, 1.165) is 5.69 Å². The summed E-state index contributed by atoms with van der Waals surface area (Å²) in [4.78, 5) is 29.9. The summed E-state index contributed by atoms with van der Waals surface area (Å²) in [5, 5.41) is 10.7. The Morgan fingerprint density at radius 2 is 1.54 bits per heavy atom. The fourth-order valence-electron chi connectivity index (χ4n) is 4.06. The largest absolute Gasteiger partial charge is 0.326 e. The van der Waals surface area contributed by atoms with E-state index in [1.807, 2.05) is 0 Å². The molecule has 2 amide bonds. The van der Waals surface area contributed by atoms with Crippen LogP contribution in [0.3, 0.4) is 0 Å². The van der Waals surface area contributed by atoms with E-state index in [1.54, 1.807) is 59.5 Å². The Kier molecular flexibility index (Phi) is 7.09. The van der Waals surface area contributed by atoms with Crippen LogP contribution >= 0.6 is 58.0 Å². The van der Waals surface area contributed by atoms with Gasteiger partial charge in [-0.05, 0) is 66.2 Å². The zero-order valence-electron chi connectivity index (χ0n) is 18.6. The summed E-state index contributed by atoms with van der Waals surface area (Å²) in [5.41, 5.74) is 2.53. The van der Waals surface area contributed by atoms with Gasteiger partial charge >= 0.3 is 0 Å². The smallest absolute Gasteiger partial charge is 0.257 e. The average molecular weight is 596 g/mol. The number of carbonyl (C=O) groups is 2. The molecule has 0 radical (unpaired) electrons.